The fraction of sp³-hybridized carbons (Fsp3) is 0.538. The van der Waals surface area contributed by atoms with E-state index in [-0.39, 0.29) is 5.91 Å². The van der Waals surface area contributed by atoms with Gasteiger partial charge >= 0.3 is 0 Å². The third kappa shape index (κ3) is 4.07. The zero-order chi connectivity index (χ0) is 13.0. The summed E-state index contributed by atoms with van der Waals surface area (Å²) in [6.07, 6.45) is 4.42. The lowest BCUT2D eigenvalue weighted by atomic mass is 10.0. The lowest BCUT2D eigenvalue weighted by Crippen LogP contribution is -2.16. The van der Waals surface area contributed by atoms with Crippen molar-refractivity contribution in [3.63, 3.8) is 0 Å². The van der Waals surface area contributed by atoms with Crippen LogP contribution in [0.3, 0.4) is 0 Å². The summed E-state index contributed by atoms with van der Waals surface area (Å²) in [5, 5.41) is 2.82. The van der Waals surface area contributed by atoms with Gasteiger partial charge in [-0.05, 0) is 44.5 Å². The van der Waals surface area contributed by atoms with Crippen molar-refractivity contribution >= 4 is 27.7 Å². The maximum atomic E-state index is 11.8. The highest BCUT2D eigenvalue weighted by molar-refractivity contribution is 9.10. The monoisotopic (exact) mass is 311 g/mol. The van der Waals surface area contributed by atoms with Gasteiger partial charge < -0.3 is 10.2 Å². The van der Waals surface area contributed by atoms with Gasteiger partial charge in [0.2, 0.25) is 5.91 Å². The maximum absolute atomic E-state index is 11.8. The SMILES string of the molecule is CN1CCC(CCC(=O)Nc2cc(Br)ccn2)C1. The average molecular weight is 312 g/mol. The molecule has 4 nitrogen and oxygen atoms in total. The van der Waals surface area contributed by atoms with Crippen LogP contribution in [0, 0.1) is 5.92 Å². The molecular formula is C13H18BrN3O. The number of rotatable bonds is 4. The van der Waals surface area contributed by atoms with E-state index in [1.165, 1.54) is 6.42 Å². The Bertz CT molecular complexity index is 424. The summed E-state index contributed by atoms with van der Waals surface area (Å²) in [6.45, 7) is 2.27. The first-order valence-electron chi connectivity index (χ1n) is 6.23. The molecule has 1 amide bonds. The zero-order valence-corrected chi connectivity index (χ0v) is 12.1. The summed E-state index contributed by atoms with van der Waals surface area (Å²) in [5.41, 5.74) is 0. The van der Waals surface area contributed by atoms with Gasteiger partial charge in [-0.3, -0.25) is 4.79 Å². The number of amides is 1. The number of likely N-dealkylation sites (tertiary alicyclic amines) is 1. The molecule has 0 saturated carbocycles. The van der Waals surface area contributed by atoms with Crippen molar-refractivity contribution in [2.24, 2.45) is 5.92 Å². The van der Waals surface area contributed by atoms with Crippen molar-refractivity contribution in [3.8, 4) is 0 Å². The van der Waals surface area contributed by atoms with Crippen molar-refractivity contribution in [3.05, 3.63) is 22.8 Å². The van der Waals surface area contributed by atoms with Crippen LogP contribution in [0.25, 0.3) is 0 Å². The molecule has 1 aromatic rings. The van der Waals surface area contributed by atoms with Crippen LogP contribution in [-0.4, -0.2) is 35.9 Å². The van der Waals surface area contributed by atoms with Gasteiger partial charge in [-0.15, -0.1) is 0 Å². The number of carbonyl (C=O) groups excluding carboxylic acids is 1. The second-order valence-electron chi connectivity index (χ2n) is 4.86. The fourth-order valence-corrected chi connectivity index (χ4v) is 2.61. The molecule has 18 heavy (non-hydrogen) atoms. The minimum atomic E-state index is 0.0511. The molecular weight excluding hydrogens is 294 g/mol. The largest absolute Gasteiger partial charge is 0.311 e. The highest BCUT2D eigenvalue weighted by atomic mass is 79.9. The third-order valence-corrected chi connectivity index (χ3v) is 3.75. The number of hydrogen-bond acceptors (Lipinski definition) is 3. The molecule has 2 rings (SSSR count). The van der Waals surface area contributed by atoms with Crippen LogP contribution in [0.15, 0.2) is 22.8 Å². The van der Waals surface area contributed by atoms with Crippen molar-refractivity contribution in [1.82, 2.24) is 9.88 Å². The lowest BCUT2D eigenvalue weighted by molar-refractivity contribution is -0.116. The molecule has 0 spiro atoms. The Hall–Kier alpha value is -0.940. The van der Waals surface area contributed by atoms with Crippen LogP contribution in [-0.2, 0) is 4.79 Å². The highest BCUT2D eigenvalue weighted by Crippen LogP contribution is 2.20. The quantitative estimate of drug-likeness (QED) is 0.929. The Morgan fingerprint density at radius 2 is 2.50 bits per heavy atom. The van der Waals surface area contributed by atoms with Gasteiger partial charge in [0.15, 0.2) is 0 Å². The molecule has 0 bridgehead atoms. The van der Waals surface area contributed by atoms with Crippen LogP contribution in [0.4, 0.5) is 5.82 Å². The molecule has 5 heteroatoms. The van der Waals surface area contributed by atoms with E-state index >= 15 is 0 Å². The Morgan fingerprint density at radius 1 is 1.67 bits per heavy atom. The number of halogens is 1. The van der Waals surface area contributed by atoms with Crippen LogP contribution in [0.2, 0.25) is 0 Å². The van der Waals surface area contributed by atoms with Gasteiger partial charge in [0.05, 0.1) is 0 Å². The normalized spacial score (nSPS) is 20.0. The molecule has 1 aromatic heterocycles. The molecule has 1 atom stereocenters. The van der Waals surface area contributed by atoms with E-state index < -0.39 is 0 Å². The summed E-state index contributed by atoms with van der Waals surface area (Å²) in [6, 6.07) is 3.64. The van der Waals surface area contributed by atoms with E-state index in [0.717, 1.165) is 24.0 Å². The topological polar surface area (TPSA) is 45.2 Å². The third-order valence-electron chi connectivity index (χ3n) is 3.26. The second-order valence-corrected chi connectivity index (χ2v) is 5.78. The number of anilines is 1. The maximum Gasteiger partial charge on any atom is 0.225 e. The van der Waals surface area contributed by atoms with E-state index in [2.05, 4.69) is 38.2 Å². The molecule has 98 valence electrons. The average Bonchev–Trinajstić information content (AvgIpc) is 2.73. The van der Waals surface area contributed by atoms with Crippen molar-refractivity contribution in [1.29, 1.82) is 0 Å². The van der Waals surface area contributed by atoms with Crippen molar-refractivity contribution in [2.45, 2.75) is 19.3 Å². The fourth-order valence-electron chi connectivity index (χ4n) is 2.28. The smallest absolute Gasteiger partial charge is 0.225 e. The minimum Gasteiger partial charge on any atom is -0.311 e. The number of hydrogen-bond donors (Lipinski definition) is 1. The molecule has 0 aliphatic carbocycles. The zero-order valence-electron chi connectivity index (χ0n) is 10.5. The standard InChI is InChI=1S/C13H18BrN3O/c1-17-7-5-10(9-17)2-3-13(18)16-12-8-11(14)4-6-15-12/h4,6,8,10H,2-3,5,7,9H2,1H3,(H,15,16,18). The number of aromatic nitrogens is 1. The van der Waals surface area contributed by atoms with Gasteiger partial charge in [-0.2, -0.15) is 0 Å². The molecule has 2 heterocycles. The number of nitrogens with one attached hydrogen (secondary N) is 1. The van der Waals surface area contributed by atoms with Crippen LogP contribution in [0.1, 0.15) is 19.3 Å². The van der Waals surface area contributed by atoms with E-state index in [1.807, 2.05) is 6.07 Å². The highest BCUT2D eigenvalue weighted by Gasteiger charge is 2.20. The Kier molecular flexibility index (Phi) is 4.72. The van der Waals surface area contributed by atoms with Crippen molar-refractivity contribution in [2.75, 3.05) is 25.5 Å². The Balaban J connectivity index is 1.75. The molecule has 1 N–H and O–H groups in total. The van der Waals surface area contributed by atoms with Crippen LogP contribution >= 0.6 is 15.9 Å². The molecule has 1 saturated heterocycles. The van der Waals surface area contributed by atoms with Crippen molar-refractivity contribution < 1.29 is 4.79 Å². The molecule has 0 radical (unpaired) electrons. The predicted octanol–water partition coefficient (Wildman–Crippen LogP) is 2.51. The second kappa shape index (κ2) is 6.29. The first kappa shape index (κ1) is 13.5. The van der Waals surface area contributed by atoms with E-state index in [1.54, 1.807) is 12.3 Å². The summed E-state index contributed by atoms with van der Waals surface area (Å²) < 4.78 is 0.921. The molecule has 1 fully saturated rings. The molecule has 1 aliphatic rings. The number of nitrogens with zero attached hydrogens (tertiary/aromatic N) is 2. The van der Waals surface area contributed by atoms with E-state index in [4.69, 9.17) is 0 Å². The van der Waals surface area contributed by atoms with Crippen LogP contribution in [0.5, 0.6) is 0 Å². The van der Waals surface area contributed by atoms with Gasteiger partial charge in [0, 0.05) is 23.6 Å². The summed E-state index contributed by atoms with van der Waals surface area (Å²) >= 11 is 3.35. The minimum absolute atomic E-state index is 0.0511. The number of pyridine rings is 1. The Morgan fingerprint density at radius 3 is 3.17 bits per heavy atom. The first-order valence-corrected chi connectivity index (χ1v) is 7.03. The van der Waals surface area contributed by atoms with E-state index in [0.29, 0.717) is 18.2 Å². The molecule has 1 aliphatic heterocycles. The summed E-state index contributed by atoms with van der Waals surface area (Å²) in [7, 11) is 2.13. The summed E-state index contributed by atoms with van der Waals surface area (Å²) in [4.78, 5) is 18.2. The predicted molar refractivity (Wildman–Crippen MR) is 75.4 cm³/mol. The molecule has 0 aromatic carbocycles. The number of carbonyl (C=O) groups is 1. The molecule has 1 unspecified atom stereocenters. The van der Waals surface area contributed by atoms with Gasteiger partial charge in [0.25, 0.3) is 0 Å². The Labute approximate surface area is 116 Å². The lowest BCUT2D eigenvalue weighted by Gasteiger charge is -2.10. The first-order chi connectivity index (χ1) is 8.63. The van der Waals surface area contributed by atoms with Gasteiger partial charge in [-0.1, -0.05) is 15.9 Å². The van der Waals surface area contributed by atoms with Gasteiger partial charge in [-0.25, -0.2) is 4.98 Å². The van der Waals surface area contributed by atoms with Gasteiger partial charge in [0.1, 0.15) is 5.82 Å². The summed E-state index contributed by atoms with van der Waals surface area (Å²) in [5.74, 6) is 1.32. The van der Waals surface area contributed by atoms with E-state index in [9.17, 15) is 4.79 Å². The van der Waals surface area contributed by atoms with Crippen LogP contribution < -0.4 is 5.32 Å².